The molecule has 6 heteroatoms. The monoisotopic (exact) mass is 347 g/mol. The number of rotatable bonds is 7. The minimum atomic E-state index is -3.57. The van der Waals surface area contributed by atoms with E-state index in [-0.39, 0.29) is 5.56 Å². The smallest absolute Gasteiger partial charge is 0.264 e. The van der Waals surface area contributed by atoms with Crippen LogP contribution in [0.5, 0.6) is 11.5 Å². The quantitative estimate of drug-likeness (QED) is 0.832. The van der Waals surface area contributed by atoms with Crippen molar-refractivity contribution in [3.63, 3.8) is 0 Å². The molecule has 5 nitrogen and oxygen atoms in total. The maximum atomic E-state index is 11.7. The summed E-state index contributed by atoms with van der Waals surface area (Å²) in [5.41, 5.74) is 1.53. The molecule has 2 aromatic rings. The third kappa shape index (κ3) is 5.70. The number of unbranched alkanes of at least 4 members (excludes halogenated alkanes) is 1. The van der Waals surface area contributed by atoms with E-state index in [1.165, 1.54) is 17.7 Å². The van der Waals surface area contributed by atoms with Crippen molar-refractivity contribution in [2.45, 2.75) is 26.2 Å². The summed E-state index contributed by atoms with van der Waals surface area (Å²) in [4.78, 5) is 11.7. The lowest BCUT2D eigenvalue weighted by atomic mass is 10.1. The van der Waals surface area contributed by atoms with Crippen molar-refractivity contribution >= 4 is 15.9 Å². The van der Waals surface area contributed by atoms with Gasteiger partial charge in [-0.1, -0.05) is 25.5 Å². The van der Waals surface area contributed by atoms with E-state index >= 15 is 0 Å². The number of amides is 1. The largest absolute Gasteiger partial charge is 0.457 e. The number of benzene rings is 2. The molecular weight excluding hydrogens is 326 g/mol. The number of sulfonamides is 1. The predicted molar refractivity (Wildman–Crippen MR) is 93.9 cm³/mol. The second-order valence-electron chi connectivity index (χ2n) is 5.58. The Bertz CT molecular complexity index is 781. The SMILES string of the molecule is CCCCc1ccc(Oc2ccc(C(=O)NS(C)(=O)=O)cc2)cc1. The molecule has 1 N–H and O–H groups in total. The highest BCUT2D eigenvalue weighted by atomic mass is 32.2. The standard InChI is InChI=1S/C18H21NO4S/c1-3-4-5-14-6-10-16(11-7-14)23-17-12-8-15(9-13-17)18(20)19-24(2,21)22/h6-13H,3-5H2,1-2H3,(H,19,20). The molecule has 0 unspecified atom stereocenters. The zero-order chi connectivity index (χ0) is 17.6. The molecule has 128 valence electrons. The van der Waals surface area contributed by atoms with Crippen LogP contribution in [0.3, 0.4) is 0 Å². The minimum Gasteiger partial charge on any atom is -0.457 e. The molecule has 0 aliphatic rings. The first kappa shape index (κ1) is 18.0. The summed E-state index contributed by atoms with van der Waals surface area (Å²) < 4.78 is 29.8. The Balaban J connectivity index is 1.99. The Morgan fingerprint density at radius 1 is 1.00 bits per heavy atom. The number of nitrogens with one attached hydrogen (secondary N) is 1. The van der Waals surface area contributed by atoms with Gasteiger partial charge in [-0.2, -0.15) is 0 Å². The Hall–Kier alpha value is -2.34. The molecule has 24 heavy (non-hydrogen) atoms. The third-order valence-electron chi connectivity index (χ3n) is 3.37. The number of aryl methyl sites for hydroxylation is 1. The highest BCUT2D eigenvalue weighted by molar-refractivity contribution is 7.89. The number of carbonyl (C=O) groups is 1. The predicted octanol–water partition coefficient (Wildman–Crippen LogP) is 3.51. The summed E-state index contributed by atoms with van der Waals surface area (Å²) in [6, 6.07) is 14.2. The van der Waals surface area contributed by atoms with Crippen molar-refractivity contribution in [1.29, 1.82) is 0 Å². The summed E-state index contributed by atoms with van der Waals surface area (Å²) >= 11 is 0. The third-order valence-corrected chi connectivity index (χ3v) is 3.93. The van der Waals surface area contributed by atoms with E-state index in [9.17, 15) is 13.2 Å². The van der Waals surface area contributed by atoms with Crippen LogP contribution in [-0.4, -0.2) is 20.6 Å². The zero-order valence-electron chi connectivity index (χ0n) is 13.8. The normalized spacial score (nSPS) is 11.1. The van der Waals surface area contributed by atoms with Crippen molar-refractivity contribution in [3.05, 3.63) is 59.7 Å². The number of ether oxygens (including phenoxy) is 1. The molecule has 0 aromatic heterocycles. The maximum absolute atomic E-state index is 11.7. The molecule has 0 heterocycles. The van der Waals surface area contributed by atoms with Crippen molar-refractivity contribution in [2.24, 2.45) is 0 Å². The van der Waals surface area contributed by atoms with Crippen molar-refractivity contribution < 1.29 is 17.9 Å². The highest BCUT2D eigenvalue weighted by Gasteiger charge is 2.11. The second kappa shape index (κ2) is 7.97. The average molecular weight is 347 g/mol. The van der Waals surface area contributed by atoms with Crippen LogP contribution in [-0.2, 0) is 16.4 Å². The van der Waals surface area contributed by atoms with Crippen LogP contribution >= 0.6 is 0 Å². The molecule has 0 aliphatic carbocycles. The summed E-state index contributed by atoms with van der Waals surface area (Å²) in [5.74, 6) is 0.625. The fourth-order valence-electron chi connectivity index (χ4n) is 2.14. The fraction of sp³-hybridized carbons (Fsp3) is 0.278. The lowest BCUT2D eigenvalue weighted by Gasteiger charge is -2.08. The first-order valence-corrected chi connectivity index (χ1v) is 9.65. The van der Waals surface area contributed by atoms with Crippen LogP contribution in [0.15, 0.2) is 48.5 Å². The van der Waals surface area contributed by atoms with Gasteiger partial charge in [-0.15, -0.1) is 0 Å². The van der Waals surface area contributed by atoms with Crippen LogP contribution in [0.25, 0.3) is 0 Å². The van der Waals surface area contributed by atoms with Gasteiger partial charge in [-0.3, -0.25) is 4.79 Å². The van der Waals surface area contributed by atoms with Crippen molar-refractivity contribution in [1.82, 2.24) is 4.72 Å². The second-order valence-corrected chi connectivity index (χ2v) is 7.33. The van der Waals surface area contributed by atoms with Gasteiger partial charge in [0.1, 0.15) is 11.5 Å². The molecule has 0 saturated carbocycles. The number of hydrogen-bond donors (Lipinski definition) is 1. The van der Waals surface area contributed by atoms with Crippen LogP contribution in [0.1, 0.15) is 35.7 Å². The number of carbonyl (C=O) groups excluding carboxylic acids is 1. The molecule has 0 saturated heterocycles. The fourth-order valence-corrected chi connectivity index (χ4v) is 2.60. The number of hydrogen-bond acceptors (Lipinski definition) is 4. The van der Waals surface area contributed by atoms with Gasteiger partial charge in [-0.05, 0) is 54.8 Å². The zero-order valence-corrected chi connectivity index (χ0v) is 14.6. The van der Waals surface area contributed by atoms with Crippen molar-refractivity contribution in [2.75, 3.05) is 6.26 Å². The van der Waals surface area contributed by atoms with E-state index in [2.05, 4.69) is 6.92 Å². The average Bonchev–Trinajstić information content (AvgIpc) is 2.53. The molecule has 1 amide bonds. The topological polar surface area (TPSA) is 72.5 Å². The van der Waals surface area contributed by atoms with Crippen molar-refractivity contribution in [3.8, 4) is 11.5 Å². The van der Waals surface area contributed by atoms with Gasteiger partial charge in [0, 0.05) is 5.56 Å². The van der Waals surface area contributed by atoms with Crippen LogP contribution in [0.4, 0.5) is 0 Å². The van der Waals surface area contributed by atoms with Gasteiger partial charge in [0.15, 0.2) is 0 Å². The van der Waals surface area contributed by atoms with E-state index in [1.54, 1.807) is 12.1 Å². The Labute approximate surface area is 142 Å². The van der Waals surface area contributed by atoms with Gasteiger partial charge < -0.3 is 4.74 Å². The van der Waals surface area contributed by atoms with E-state index in [0.717, 1.165) is 25.5 Å². The van der Waals surface area contributed by atoms with Gasteiger partial charge >= 0.3 is 0 Å². The molecule has 0 spiro atoms. The molecule has 0 fully saturated rings. The van der Waals surface area contributed by atoms with Crippen LogP contribution in [0.2, 0.25) is 0 Å². The summed E-state index contributed by atoms with van der Waals surface area (Å²) in [6.07, 6.45) is 4.32. The lowest BCUT2D eigenvalue weighted by Crippen LogP contribution is -2.29. The van der Waals surface area contributed by atoms with Crippen LogP contribution < -0.4 is 9.46 Å². The molecule has 0 aliphatic heterocycles. The van der Waals surface area contributed by atoms with Gasteiger partial charge in [0.25, 0.3) is 5.91 Å². The highest BCUT2D eigenvalue weighted by Crippen LogP contribution is 2.22. The molecule has 2 aromatic carbocycles. The Morgan fingerprint density at radius 3 is 2.04 bits per heavy atom. The molecule has 0 atom stereocenters. The first-order valence-electron chi connectivity index (χ1n) is 7.76. The molecule has 2 rings (SSSR count). The Kier molecular flexibility index (Phi) is 5.98. The molecule has 0 radical (unpaired) electrons. The van der Waals surface area contributed by atoms with Gasteiger partial charge in [0.05, 0.1) is 6.26 Å². The van der Waals surface area contributed by atoms with E-state index < -0.39 is 15.9 Å². The Morgan fingerprint density at radius 2 is 1.54 bits per heavy atom. The van der Waals surface area contributed by atoms with E-state index in [4.69, 9.17) is 4.74 Å². The lowest BCUT2D eigenvalue weighted by molar-refractivity contribution is 0.0981. The van der Waals surface area contributed by atoms with E-state index in [0.29, 0.717) is 11.5 Å². The summed E-state index contributed by atoms with van der Waals surface area (Å²) in [7, 11) is -3.57. The van der Waals surface area contributed by atoms with Gasteiger partial charge in [-0.25, -0.2) is 13.1 Å². The maximum Gasteiger partial charge on any atom is 0.264 e. The molecular formula is C18H21NO4S. The first-order chi connectivity index (χ1) is 11.4. The minimum absolute atomic E-state index is 0.252. The van der Waals surface area contributed by atoms with Crippen LogP contribution in [0, 0.1) is 0 Å². The van der Waals surface area contributed by atoms with Gasteiger partial charge in [0.2, 0.25) is 10.0 Å². The summed E-state index contributed by atoms with van der Waals surface area (Å²) in [6.45, 7) is 2.16. The summed E-state index contributed by atoms with van der Waals surface area (Å²) in [5, 5.41) is 0. The molecule has 0 bridgehead atoms. The van der Waals surface area contributed by atoms with E-state index in [1.807, 2.05) is 29.0 Å².